The molecule has 0 bridgehead atoms. The normalized spacial score (nSPS) is 23.7. The van der Waals surface area contributed by atoms with Crippen molar-refractivity contribution in [3.8, 4) is 11.6 Å². The Kier molecular flexibility index (Phi) is 3.28. The van der Waals surface area contributed by atoms with E-state index in [1.807, 2.05) is 6.92 Å². The van der Waals surface area contributed by atoms with Gasteiger partial charge in [-0.1, -0.05) is 23.7 Å². The lowest BCUT2D eigenvalue weighted by Gasteiger charge is -2.25. The van der Waals surface area contributed by atoms with Crippen LogP contribution < -0.4 is 0 Å². The van der Waals surface area contributed by atoms with Crippen molar-refractivity contribution in [3.63, 3.8) is 0 Å². The summed E-state index contributed by atoms with van der Waals surface area (Å²) in [6.07, 6.45) is 0.910. The third kappa shape index (κ3) is 2.26. The molecular weight excluding hydrogens is 268 g/mol. The Balaban J connectivity index is 1.89. The van der Waals surface area contributed by atoms with Gasteiger partial charge in [0, 0.05) is 19.1 Å². The summed E-state index contributed by atoms with van der Waals surface area (Å²) in [6.45, 7) is 5.44. The van der Waals surface area contributed by atoms with Crippen molar-refractivity contribution >= 4 is 11.6 Å². The molecule has 6 nitrogen and oxygen atoms in total. The van der Waals surface area contributed by atoms with Crippen LogP contribution in [0.2, 0.25) is 5.02 Å². The van der Waals surface area contributed by atoms with Crippen molar-refractivity contribution in [3.05, 3.63) is 16.5 Å². The van der Waals surface area contributed by atoms with Gasteiger partial charge in [-0.15, -0.1) is 0 Å². The SMILES string of the molecule is Cc1[nH]nc(-c2nc(C3CCOCC3C)no2)c1Cl. The summed E-state index contributed by atoms with van der Waals surface area (Å²) in [5.74, 6) is 1.73. The topological polar surface area (TPSA) is 76.8 Å². The quantitative estimate of drug-likeness (QED) is 0.916. The number of rotatable bonds is 2. The van der Waals surface area contributed by atoms with Crippen molar-refractivity contribution in [2.75, 3.05) is 13.2 Å². The molecule has 1 fully saturated rings. The molecule has 3 heterocycles. The van der Waals surface area contributed by atoms with Crippen LogP contribution in [0, 0.1) is 12.8 Å². The predicted octanol–water partition coefficient (Wildman–Crippen LogP) is 2.56. The lowest BCUT2D eigenvalue weighted by Crippen LogP contribution is -2.24. The minimum atomic E-state index is 0.269. The number of nitrogens with zero attached hydrogens (tertiary/aromatic N) is 3. The Morgan fingerprint density at radius 1 is 1.42 bits per heavy atom. The van der Waals surface area contributed by atoms with Gasteiger partial charge >= 0.3 is 0 Å². The molecule has 1 saturated heterocycles. The maximum atomic E-state index is 6.13. The number of nitrogens with one attached hydrogen (secondary N) is 1. The molecule has 2 aromatic heterocycles. The zero-order valence-corrected chi connectivity index (χ0v) is 11.6. The van der Waals surface area contributed by atoms with Crippen molar-refractivity contribution in [1.29, 1.82) is 0 Å². The Labute approximate surface area is 115 Å². The average Bonchev–Trinajstić information content (AvgIpc) is 2.99. The molecule has 0 amide bonds. The van der Waals surface area contributed by atoms with Gasteiger partial charge in [0.2, 0.25) is 0 Å². The van der Waals surface area contributed by atoms with Gasteiger partial charge in [-0.3, -0.25) is 5.10 Å². The van der Waals surface area contributed by atoms with Gasteiger partial charge in [0.1, 0.15) is 0 Å². The van der Waals surface area contributed by atoms with Crippen LogP contribution in [0.4, 0.5) is 0 Å². The number of hydrogen-bond acceptors (Lipinski definition) is 5. The standard InChI is InChI=1S/C12H15ClN4O2/c1-6-5-18-4-3-8(6)11-14-12(19-17-11)10-9(13)7(2)15-16-10/h6,8H,3-5H2,1-2H3,(H,15,16). The van der Waals surface area contributed by atoms with E-state index in [0.29, 0.717) is 28.3 Å². The van der Waals surface area contributed by atoms with E-state index in [0.717, 1.165) is 25.3 Å². The lowest BCUT2D eigenvalue weighted by molar-refractivity contribution is 0.0447. The van der Waals surface area contributed by atoms with Crippen LogP contribution in [0.25, 0.3) is 11.6 Å². The highest BCUT2D eigenvalue weighted by molar-refractivity contribution is 6.33. The smallest absolute Gasteiger partial charge is 0.279 e. The van der Waals surface area contributed by atoms with E-state index >= 15 is 0 Å². The molecule has 1 aliphatic heterocycles. The van der Waals surface area contributed by atoms with Crippen molar-refractivity contribution in [1.82, 2.24) is 20.3 Å². The van der Waals surface area contributed by atoms with Crippen LogP contribution in [-0.4, -0.2) is 33.6 Å². The fraction of sp³-hybridized carbons (Fsp3) is 0.583. The maximum Gasteiger partial charge on any atom is 0.279 e. The second kappa shape index (κ2) is 4.94. The van der Waals surface area contributed by atoms with Crippen LogP contribution in [0.5, 0.6) is 0 Å². The molecule has 1 aliphatic rings. The summed E-state index contributed by atoms with van der Waals surface area (Å²) < 4.78 is 10.7. The zero-order chi connectivity index (χ0) is 13.4. The molecule has 3 rings (SSSR count). The fourth-order valence-corrected chi connectivity index (χ4v) is 2.47. The molecule has 7 heteroatoms. The van der Waals surface area contributed by atoms with Gasteiger partial charge in [-0.2, -0.15) is 10.1 Å². The zero-order valence-electron chi connectivity index (χ0n) is 10.8. The minimum Gasteiger partial charge on any atom is -0.381 e. The summed E-state index contributed by atoms with van der Waals surface area (Å²) >= 11 is 6.13. The first-order chi connectivity index (χ1) is 9.16. The van der Waals surface area contributed by atoms with Crippen LogP contribution in [0.1, 0.15) is 30.8 Å². The van der Waals surface area contributed by atoms with Crippen molar-refractivity contribution in [2.24, 2.45) is 5.92 Å². The second-order valence-corrected chi connectivity index (χ2v) is 5.29. The number of aromatic nitrogens is 4. The summed E-state index contributed by atoms with van der Waals surface area (Å²) in [5, 5.41) is 11.5. The molecular formula is C12H15ClN4O2. The number of halogens is 1. The number of H-pyrrole nitrogens is 1. The molecule has 2 atom stereocenters. The molecule has 0 aliphatic carbocycles. The van der Waals surface area contributed by atoms with Gasteiger partial charge in [0.15, 0.2) is 11.5 Å². The molecule has 1 N–H and O–H groups in total. The van der Waals surface area contributed by atoms with E-state index in [2.05, 4.69) is 27.3 Å². The molecule has 19 heavy (non-hydrogen) atoms. The van der Waals surface area contributed by atoms with Crippen LogP contribution >= 0.6 is 11.6 Å². The molecule has 2 aromatic rings. The first-order valence-electron chi connectivity index (χ1n) is 6.29. The van der Waals surface area contributed by atoms with Gasteiger partial charge in [0.25, 0.3) is 5.89 Å². The average molecular weight is 283 g/mol. The number of hydrogen-bond donors (Lipinski definition) is 1. The highest BCUT2D eigenvalue weighted by atomic mass is 35.5. The Bertz CT molecular complexity index is 580. The highest BCUT2D eigenvalue weighted by Gasteiger charge is 2.28. The van der Waals surface area contributed by atoms with Gasteiger partial charge in [-0.25, -0.2) is 0 Å². The first kappa shape index (κ1) is 12.6. The Morgan fingerprint density at radius 3 is 2.95 bits per heavy atom. The summed E-state index contributed by atoms with van der Waals surface area (Å²) in [6, 6.07) is 0. The predicted molar refractivity (Wildman–Crippen MR) is 69.0 cm³/mol. The minimum absolute atomic E-state index is 0.269. The second-order valence-electron chi connectivity index (χ2n) is 4.92. The van der Waals surface area contributed by atoms with Crippen LogP contribution in [0.3, 0.4) is 0 Å². The summed E-state index contributed by atoms with van der Waals surface area (Å²) in [5.41, 5.74) is 1.30. The third-order valence-corrected chi connectivity index (χ3v) is 3.95. The first-order valence-corrected chi connectivity index (χ1v) is 6.66. The lowest BCUT2D eigenvalue weighted by atomic mass is 9.89. The van der Waals surface area contributed by atoms with Gasteiger partial charge in [0.05, 0.1) is 10.7 Å². The van der Waals surface area contributed by atoms with Crippen molar-refractivity contribution < 1.29 is 9.26 Å². The number of aryl methyl sites for hydroxylation is 1. The molecule has 0 spiro atoms. The van der Waals surface area contributed by atoms with E-state index in [4.69, 9.17) is 20.9 Å². The molecule has 2 unspecified atom stereocenters. The highest BCUT2D eigenvalue weighted by Crippen LogP contribution is 2.32. The Morgan fingerprint density at radius 2 is 2.26 bits per heavy atom. The fourth-order valence-electron chi connectivity index (χ4n) is 2.30. The van der Waals surface area contributed by atoms with Gasteiger partial charge in [-0.05, 0) is 19.3 Å². The summed E-state index contributed by atoms with van der Waals surface area (Å²) in [4.78, 5) is 4.43. The van der Waals surface area contributed by atoms with E-state index in [1.54, 1.807) is 0 Å². The van der Waals surface area contributed by atoms with E-state index in [9.17, 15) is 0 Å². The van der Waals surface area contributed by atoms with E-state index < -0.39 is 0 Å². The van der Waals surface area contributed by atoms with Crippen LogP contribution in [0.15, 0.2) is 4.52 Å². The maximum absolute atomic E-state index is 6.13. The number of ether oxygens (including phenoxy) is 1. The molecule has 0 aromatic carbocycles. The number of aromatic amines is 1. The molecule has 0 saturated carbocycles. The van der Waals surface area contributed by atoms with Crippen LogP contribution in [-0.2, 0) is 4.74 Å². The third-order valence-electron chi connectivity index (χ3n) is 3.49. The summed E-state index contributed by atoms with van der Waals surface area (Å²) in [7, 11) is 0. The molecule has 0 radical (unpaired) electrons. The van der Waals surface area contributed by atoms with Crippen molar-refractivity contribution in [2.45, 2.75) is 26.2 Å². The largest absolute Gasteiger partial charge is 0.381 e. The van der Waals surface area contributed by atoms with E-state index in [-0.39, 0.29) is 5.92 Å². The van der Waals surface area contributed by atoms with E-state index in [1.165, 1.54) is 0 Å². The monoisotopic (exact) mass is 282 g/mol. The molecule has 102 valence electrons. The Hall–Kier alpha value is -1.40. The van der Waals surface area contributed by atoms with Gasteiger partial charge < -0.3 is 9.26 Å².